The Kier molecular flexibility index (Phi) is 10.5. The minimum absolute atomic E-state index is 0.359. The summed E-state index contributed by atoms with van der Waals surface area (Å²) >= 11 is 3.48. The van der Waals surface area contributed by atoms with Gasteiger partial charge in [-0.3, -0.25) is 9.59 Å². The van der Waals surface area contributed by atoms with Crippen LogP contribution in [-0.4, -0.2) is 37.8 Å². The van der Waals surface area contributed by atoms with Crippen molar-refractivity contribution in [2.24, 2.45) is 5.10 Å². The SMILES string of the molecule is CCCOc1c(Br)cc(C=NNC(=O)CC(=O)Nc2ccc(OCC)cc2)cc1OCC. The van der Waals surface area contributed by atoms with E-state index in [-0.39, 0.29) is 6.42 Å². The van der Waals surface area contributed by atoms with Crippen molar-refractivity contribution >= 4 is 39.6 Å². The minimum atomic E-state index is -0.531. The zero-order valence-electron chi connectivity index (χ0n) is 18.4. The number of rotatable bonds is 12. The van der Waals surface area contributed by atoms with Crippen molar-refractivity contribution in [3.8, 4) is 17.2 Å². The Morgan fingerprint density at radius 1 is 1.00 bits per heavy atom. The van der Waals surface area contributed by atoms with Crippen molar-refractivity contribution in [1.29, 1.82) is 0 Å². The Hall–Kier alpha value is -3.07. The molecular formula is C23H28BrN3O5. The molecule has 0 bridgehead atoms. The monoisotopic (exact) mass is 505 g/mol. The van der Waals surface area contributed by atoms with Crippen LogP contribution in [0.3, 0.4) is 0 Å². The van der Waals surface area contributed by atoms with E-state index in [2.05, 4.69) is 31.8 Å². The number of carbonyl (C=O) groups excluding carboxylic acids is 2. The van der Waals surface area contributed by atoms with E-state index in [0.717, 1.165) is 10.9 Å². The molecule has 0 atom stereocenters. The lowest BCUT2D eigenvalue weighted by Crippen LogP contribution is -2.24. The van der Waals surface area contributed by atoms with Crippen molar-refractivity contribution in [2.75, 3.05) is 25.1 Å². The number of hydrogen-bond acceptors (Lipinski definition) is 6. The topological polar surface area (TPSA) is 98.2 Å². The van der Waals surface area contributed by atoms with Gasteiger partial charge in [0.2, 0.25) is 11.8 Å². The Morgan fingerprint density at radius 3 is 2.38 bits per heavy atom. The van der Waals surface area contributed by atoms with Gasteiger partial charge < -0.3 is 19.5 Å². The van der Waals surface area contributed by atoms with Gasteiger partial charge in [-0.25, -0.2) is 5.43 Å². The number of hydrazone groups is 1. The summed E-state index contributed by atoms with van der Waals surface area (Å²) in [6, 6.07) is 10.5. The van der Waals surface area contributed by atoms with Gasteiger partial charge >= 0.3 is 0 Å². The number of hydrogen-bond donors (Lipinski definition) is 2. The molecule has 9 heteroatoms. The van der Waals surface area contributed by atoms with Crippen LogP contribution in [0, 0.1) is 0 Å². The molecule has 0 aliphatic heterocycles. The van der Waals surface area contributed by atoms with Crippen LogP contribution < -0.4 is 25.0 Å². The fraction of sp³-hybridized carbons (Fsp3) is 0.348. The number of amides is 2. The number of carbonyl (C=O) groups is 2. The first-order valence-electron chi connectivity index (χ1n) is 10.4. The molecule has 0 saturated heterocycles. The standard InChI is InChI=1S/C23H28BrN3O5/c1-4-11-32-23-19(24)12-16(13-20(23)31-6-3)15-25-27-22(29)14-21(28)26-17-7-9-18(10-8-17)30-5-2/h7-10,12-13,15H,4-6,11,14H2,1-3H3,(H,26,28)(H,27,29). The summed E-state index contributed by atoms with van der Waals surface area (Å²) in [5.74, 6) is 0.942. The zero-order valence-corrected chi connectivity index (χ0v) is 20.0. The van der Waals surface area contributed by atoms with Gasteiger partial charge in [-0.15, -0.1) is 0 Å². The molecule has 0 aliphatic rings. The molecule has 0 saturated carbocycles. The van der Waals surface area contributed by atoms with Crippen molar-refractivity contribution in [2.45, 2.75) is 33.6 Å². The summed E-state index contributed by atoms with van der Waals surface area (Å²) in [4.78, 5) is 24.1. The first kappa shape index (κ1) is 25.2. The molecule has 0 aromatic heterocycles. The van der Waals surface area contributed by atoms with E-state index in [0.29, 0.717) is 48.3 Å². The average Bonchev–Trinajstić information content (AvgIpc) is 2.75. The van der Waals surface area contributed by atoms with E-state index in [1.165, 1.54) is 6.21 Å². The van der Waals surface area contributed by atoms with Crippen molar-refractivity contribution in [1.82, 2.24) is 5.43 Å². The lowest BCUT2D eigenvalue weighted by molar-refractivity contribution is -0.126. The van der Waals surface area contributed by atoms with Gasteiger partial charge in [-0.05, 0) is 78.2 Å². The molecule has 0 unspecified atom stereocenters. The highest BCUT2D eigenvalue weighted by Crippen LogP contribution is 2.36. The highest BCUT2D eigenvalue weighted by atomic mass is 79.9. The number of benzene rings is 2. The van der Waals surface area contributed by atoms with Gasteiger partial charge in [0.25, 0.3) is 0 Å². The first-order valence-corrected chi connectivity index (χ1v) is 11.2. The highest BCUT2D eigenvalue weighted by Gasteiger charge is 2.12. The molecule has 0 fully saturated rings. The molecule has 2 aromatic rings. The van der Waals surface area contributed by atoms with Crippen LogP contribution in [0.25, 0.3) is 0 Å². The number of anilines is 1. The van der Waals surface area contributed by atoms with E-state index >= 15 is 0 Å². The van der Waals surface area contributed by atoms with Gasteiger partial charge in [0.15, 0.2) is 11.5 Å². The minimum Gasteiger partial charge on any atom is -0.494 e. The molecule has 172 valence electrons. The lowest BCUT2D eigenvalue weighted by Gasteiger charge is -2.14. The summed E-state index contributed by atoms with van der Waals surface area (Å²) < 4.78 is 17.5. The lowest BCUT2D eigenvalue weighted by atomic mass is 10.2. The average molecular weight is 506 g/mol. The molecule has 0 radical (unpaired) electrons. The normalized spacial score (nSPS) is 10.6. The number of ether oxygens (including phenoxy) is 3. The first-order chi connectivity index (χ1) is 15.5. The van der Waals surface area contributed by atoms with Gasteiger partial charge in [-0.1, -0.05) is 6.92 Å². The van der Waals surface area contributed by atoms with Crippen molar-refractivity contribution in [3.05, 3.63) is 46.4 Å². The third-order valence-electron chi connectivity index (χ3n) is 3.96. The molecule has 2 N–H and O–H groups in total. The maximum absolute atomic E-state index is 12.1. The Bertz CT molecular complexity index is 932. The Morgan fingerprint density at radius 2 is 1.72 bits per heavy atom. The molecule has 32 heavy (non-hydrogen) atoms. The second-order valence-electron chi connectivity index (χ2n) is 6.59. The van der Waals surface area contributed by atoms with Crippen molar-refractivity contribution < 1.29 is 23.8 Å². The smallest absolute Gasteiger partial charge is 0.249 e. The van der Waals surface area contributed by atoms with Crippen LogP contribution in [0.5, 0.6) is 17.2 Å². The summed E-state index contributed by atoms with van der Waals surface area (Å²) in [7, 11) is 0. The maximum atomic E-state index is 12.1. The second kappa shape index (κ2) is 13.4. The van der Waals surface area contributed by atoms with E-state index < -0.39 is 11.8 Å². The predicted molar refractivity (Wildman–Crippen MR) is 128 cm³/mol. The molecular weight excluding hydrogens is 478 g/mol. The van der Waals surface area contributed by atoms with Gasteiger partial charge in [0.05, 0.1) is 30.5 Å². The molecule has 2 amide bonds. The largest absolute Gasteiger partial charge is 0.494 e. The molecule has 0 heterocycles. The third kappa shape index (κ3) is 8.22. The fourth-order valence-electron chi connectivity index (χ4n) is 2.64. The third-order valence-corrected chi connectivity index (χ3v) is 4.54. The summed E-state index contributed by atoms with van der Waals surface area (Å²) in [6.45, 7) is 7.42. The number of halogens is 1. The molecule has 8 nitrogen and oxygen atoms in total. The zero-order chi connectivity index (χ0) is 23.3. The molecule has 2 rings (SSSR count). The van der Waals surface area contributed by atoms with Crippen LogP contribution in [0.4, 0.5) is 5.69 Å². The van der Waals surface area contributed by atoms with Crippen LogP contribution in [-0.2, 0) is 9.59 Å². The second-order valence-corrected chi connectivity index (χ2v) is 7.44. The van der Waals surface area contributed by atoms with Crippen LogP contribution in [0.2, 0.25) is 0 Å². The van der Waals surface area contributed by atoms with E-state index in [9.17, 15) is 9.59 Å². The predicted octanol–water partition coefficient (Wildman–Crippen LogP) is 4.51. The van der Waals surface area contributed by atoms with Crippen molar-refractivity contribution in [3.63, 3.8) is 0 Å². The van der Waals surface area contributed by atoms with Crippen LogP contribution >= 0.6 is 15.9 Å². The summed E-state index contributed by atoms with van der Waals surface area (Å²) in [6.07, 6.45) is 1.99. The molecule has 0 aliphatic carbocycles. The van der Waals surface area contributed by atoms with Gasteiger partial charge in [-0.2, -0.15) is 5.10 Å². The van der Waals surface area contributed by atoms with Gasteiger partial charge in [0.1, 0.15) is 12.2 Å². The highest BCUT2D eigenvalue weighted by molar-refractivity contribution is 9.10. The summed E-state index contributed by atoms with van der Waals surface area (Å²) in [5, 5.41) is 6.59. The molecule has 0 spiro atoms. The van der Waals surface area contributed by atoms with Crippen LogP contribution in [0.1, 0.15) is 39.2 Å². The van der Waals surface area contributed by atoms with Crippen LogP contribution in [0.15, 0.2) is 46.0 Å². The van der Waals surface area contributed by atoms with E-state index in [1.54, 1.807) is 30.3 Å². The van der Waals surface area contributed by atoms with Gasteiger partial charge in [0, 0.05) is 5.69 Å². The van der Waals surface area contributed by atoms with E-state index in [1.807, 2.05) is 26.8 Å². The maximum Gasteiger partial charge on any atom is 0.249 e. The number of nitrogens with one attached hydrogen (secondary N) is 2. The quantitative estimate of drug-likeness (QED) is 0.251. The number of nitrogens with zero attached hydrogens (tertiary/aromatic N) is 1. The fourth-order valence-corrected chi connectivity index (χ4v) is 3.21. The Labute approximate surface area is 196 Å². The molecule has 2 aromatic carbocycles. The summed E-state index contributed by atoms with van der Waals surface area (Å²) in [5.41, 5.74) is 3.63. The Balaban J connectivity index is 1.91. The van der Waals surface area contributed by atoms with E-state index in [4.69, 9.17) is 14.2 Å².